The summed E-state index contributed by atoms with van der Waals surface area (Å²) < 4.78 is 6.01. The van der Waals surface area contributed by atoms with Crippen molar-refractivity contribution in [2.75, 3.05) is 20.2 Å². The normalized spacial score (nSPS) is 27.2. The van der Waals surface area contributed by atoms with Gasteiger partial charge in [-0.2, -0.15) is 0 Å². The summed E-state index contributed by atoms with van der Waals surface area (Å²) in [6, 6.07) is 5.75. The molecule has 21 heavy (non-hydrogen) atoms. The highest BCUT2D eigenvalue weighted by Crippen LogP contribution is 2.38. The Morgan fingerprint density at radius 1 is 1.38 bits per heavy atom. The second-order valence-corrected chi connectivity index (χ2v) is 6.58. The summed E-state index contributed by atoms with van der Waals surface area (Å²) in [5, 5.41) is 0. The maximum atomic E-state index is 12.7. The Hall–Kier alpha value is -0.780. The molecule has 0 aromatic heterocycles. The van der Waals surface area contributed by atoms with E-state index < -0.39 is 0 Å². The van der Waals surface area contributed by atoms with Gasteiger partial charge >= 0.3 is 0 Å². The standard InChI is InChI=1S/C15H19BrN2O2.ClH/c1-20-10-3-4-13(16)11(6-10)15(19)18-7-9-2-5-14(17)12(9)8-18;/h3-4,6,9,12,14H,2,5,7-8,17H2,1H3;1H. The predicted octanol–water partition coefficient (Wildman–Crippen LogP) is 2.69. The highest BCUT2D eigenvalue weighted by molar-refractivity contribution is 9.10. The molecule has 2 aliphatic rings. The number of nitrogens with two attached hydrogens (primary N) is 1. The first-order valence-electron chi connectivity index (χ1n) is 6.98. The van der Waals surface area contributed by atoms with Crippen molar-refractivity contribution in [3.8, 4) is 5.75 Å². The molecule has 116 valence electrons. The van der Waals surface area contributed by atoms with Crippen LogP contribution >= 0.6 is 28.3 Å². The van der Waals surface area contributed by atoms with Crippen molar-refractivity contribution in [2.24, 2.45) is 17.6 Å². The molecule has 4 nitrogen and oxygen atoms in total. The predicted molar refractivity (Wildman–Crippen MR) is 88.0 cm³/mol. The molecular weight excluding hydrogens is 356 g/mol. The summed E-state index contributed by atoms with van der Waals surface area (Å²) in [5.74, 6) is 1.83. The molecule has 1 aromatic carbocycles. The van der Waals surface area contributed by atoms with E-state index in [2.05, 4.69) is 15.9 Å². The number of fused-ring (bicyclic) bond motifs is 1. The minimum Gasteiger partial charge on any atom is -0.497 e. The Labute approximate surface area is 139 Å². The van der Waals surface area contributed by atoms with Gasteiger partial charge in [-0.1, -0.05) is 0 Å². The number of hydrogen-bond acceptors (Lipinski definition) is 3. The first-order valence-corrected chi connectivity index (χ1v) is 7.78. The molecule has 2 N–H and O–H groups in total. The van der Waals surface area contributed by atoms with Gasteiger partial charge in [-0.3, -0.25) is 4.79 Å². The Morgan fingerprint density at radius 2 is 2.14 bits per heavy atom. The quantitative estimate of drug-likeness (QED) is 0.864. The topological polar surface area (TPSA) is 55.6 Å². The van der Waals surface area contributed by atoms with Crippen LogP contribution < -0.4 is 10.5 Å². The molecule has 0 radical (unpaired) electrons. The second-order valence-electron chi connectivity index (χ2n) is 5.72. The SMILES string of the molecule is COc1ccc(Br)c(C(=O)N2CC3CCC(N)C3C2)c1.Cl. The van der Waals surface area contributed by atoms with E-state index in [1.807, 2.05) is 17.0 Å². The third-order valence-electron chi connectivity index (χ3n) is 4.60. The molecule has 1 saturated heterocycles. The number of carbonyl (C=O) groups excluding carboxylic acids is 1. The van der Waals surface area contributed by atoms with Crippen LogP contribution in [0.1, 0.15) is 23.2 Å². The van der Waals surface area contributed by atoms with Crippen LogP contribution in [0, 0.1) is 11.8 Å². The van der Waals surface area contributed by atoms with Crippen molar-refractivity contribution in [1.29, 1.82) is 0 Å². The first kappa shape index (κ1) is 16.6. The van der Waals surface area contributed by atoms with Gasteiger partial charge in [0.05, 0.1) is 12.7 Å². The van der Waals surface area contributed by atoms with Crippen LogP contribution in [-0.4, -0.2) is 37.0 Å². The second kappa shape index (κ2) is 6.55. The van der Waals surface area contributed by atoms with E-state index in [9.17, 15) is 4.79 Å². The lowest BCUT2D eigenvalue weighted by Gasteiger charge is -2.19. The van der Waals surface area contributed by atoms with Gasteiger partial charge in [0.15, 0.2) is 0 Å². The molecule has 1 aliphatic carbocycles. The third-order valence-corrected chi connectivity index (χ3v) is 5.29. The average Bonchev–Trinajstić information content (AvgIpc) is 3.01. The molecular formula is C15H20BrClN2O2. The fourth-order valence-electron chi connectivity index (χ4n) is 3.44. The zero-order valence-corrected chi connectivity index (χ0v) is 14.3. The lowest BCUT2D eigenvalue weighted by Crippen LogP contribution is -2.33. The number of benzene rings is 1. The van der Waals surface area contributed by atoms with E-state index >= 15 is 0 Å². The molecule has 3 rings (SSSR count). The molecule has 3 atom stereocenters. The van der Waals surface area contributed by atoms with Gasteiger partial charge in [0.2, 0.25) is 0 Å². The molecule has 3 unspecified atom stereocenters. The molecule has 0 bridgehead atoms. The molecule has 0 spiro atoms. The number of carbonyl (C=O) groups is 1. The molecule has 1 amide bonds. The van der Waals surface area contributed by atoms with Crippen molar-refractivity contribution >= 4 is 34.2 Å². The van der Waals surface area contributed by atoms with Gasteiger partial charge in [-0.25, -0.2) is 0 Å². The lowest BCUT2D eigenvalue weighted by molar-refractivity contribution is 0.0778. The van der Waals surface area contributed by atoms with Crippen LogP contribution in [0.4, 0.5) is 0 Å². The number of amides is 1. The fraction of sp³-hybridized carbons (Fsp3) is 0.533. The highest BCUT2D eigenvalue weighted by atomic mass is 79.9. The smallest absolute Gasteiger partial charge is 0.255 e. The van der Waals surface area contributed by atoms with Gasteiger partial charge in [0.1, 0.15) is 5.75 Å². The summed E-state index contributed by atoms with van der Waals surface area (Å²) in [6.07, 6.45) is 2.25. The van der Waals surface area contributed by atoms with E-state index in [4.69, 9.17) is 10.5 Å². The molecule has 1 heterocycles. The summed E-state index contributed by atoms with van der Waals surface area (Å²) in [6.45, 7) is 1.62. The monoisotopic (exact) mass is 374 g/mol. The van der Waals surface area contributed by atoms with Crippen LogP contribution in [0.5, 0.6) is 5.75 Å². The van der Waals surface area contributed by atoms with E-state index in [1.165, 1.54) is 0 Å². The molecule has 1 saturated carbocycles. The van der Waals surface area contributed by atoms with Crippen LogP contribution in [0.2, 0.25) is 0 Å². The number of rotatable bonds is 2. The molecule has 2 fully saturated rings. The maximum absolute atomic E-state index is 12.7. The minimum absolute atomic E-state index is 0. The Kier molecular flexibility index (Phi) is 5.17. The van der Waals surface area contributed by atoms with Crippen molar-refractivity contribution < 1.29 is 9.53 Å². The highest BCUT2D eigenvalue weighted by Gasteiger charge is 2.42. The van der Waals surface area contributed by atoms with E-state index in [1.54, 1.807) is 13.2 Å². The number of ether oxygens (including phenoxy) is 1. The van der Waals surface area contributed by atoms with Crippen LogP contribution in [0.25, 0.3) is 0 Å². The molecule has 1 aliphatic heterocycles. The Balaban J connectivity index is 0.00000161. The van der Waals surface area contributed by atoms with Crippen LogP contribution in [0.15, 0.2) is 22.7 Å². The summed E-state index contributed by atoms with van der Waals surface area (Å²) in [7, 11) is 1.61. The van der Waals surface area contributed by atoms with E-state index in [0.717, 1.165) is 30.4 Å². The van der Waals surface area contributed by atoms with Crippen molar-refractivity contribution in [2.45, 2.75) is 18.9 Å². The number of methoxy groups -OCH3 is 1. The Bertz CT molecular complexity index is 540. The fourth-order valence-corrected chi connectivity index (χ4v) is 3.86. The van der Waals surface area contributed by atoms with Crippen LogP contribution in [-0.2, 0) is 0 Å². The zero-order valence-electron chi connectivity index (χ0n) is 11.9. The maximum Gasteiger partial charge on any atom is 0.255 e. The number of nitrogens with zero attached hydrogens (tertiary/aromatic N) is 1. The Morgan fingerprint density at radius 3 is 2.81 bits per heavy atom. The summed E-state index contributed by atoms with van der Waals surface area (Å²) >= 11 is 3.45. The van der Waals surface area contributed by atoms with E-state index in [-0.39, 0.29) is 24.4 Å². The summed E-state index contributed by atoms with van der Waals surface area (Å²) in [5.41, 5.74) is 6.79. The van der Waals surface area contributed by atoms with Crippen LogP contribution in [0.3, 0.4) is 0 Å². The van der Waals surface area contributed by atoms with Gasteiger partial charge in [0.25, 0.3) is 5.91 Å². The molecule has 6 heteroatoms. The summed E-state index contributed by atoms with van der Waals surface area (Å²) in [4.78, 5) is 14.6. The van der Waals surface area contributed by atoms with Crippen molar-refractivity contribution in [3.05, 3.63) is 28.2 Å². The van der Waals surface area contributed by atoms with Gasteiger partial charge < -0.3 is 15.4 Å². The number of hydrogen-bond donors (Lipinski definition) is 1. The largest absolute Gasteiger partial charge is 0.497 e. The van der Waals surface area contributed by atoms with Crippen molar-refractivity contribution in [1.82, 2.24) is 4.90 Å². The lowest BCUT2D eigenvalue weighted by atomic mass is 9.98. The first-order chi connectivity index (χ1) is 9.60. The van der Waals surface area contributed by atoms with Gasteiger partial charge in [-0.05, 0) is 58.8 Å². The minimum atomic E-state index is 0. The molecule has 1 aromatic rings. The number of halogens is 2. The van der Waals surface area contributed by atoms with Gasteiger partial charge in [0, 0.05) is 23.6 Å². The van der Waals surface area contributed by atoms with Crippen molar-refractivity contribution in [3.63, 3.8) is 0 Å². The van der Waals surface area contributed by atoms with E-state index in [0.29, 0.717) is 23.1 Å². The zero-order chi connectivity index (χ0) is 14.3. The number of likely N-dealkylation sites (tertiary alicyclic amines) is 1. The average molecular weight is 376 g/mol. The van der Waals surface area contributed by atoms with Gasteiger partial charge in [-0.15, -0.1) is 12.4 Å². The third kappa shape index (κ3) is 3.05.